The molecule has 2 rings (SSSR count). The molecule has 2 unspecified atom stereocenters. The lowest BCUT2D eigenvalue weighted by Gasteiger charge is -2.33. The maximum atomic E-state index is 12.3. The van der Waals surface area contributed by atoms with Crippen LogP contribution in [0.1, 0.15) is 37.8 Å². The number of likely N-dealkylation sites (N-methyl/N-ethyl adjacent to an activating group) is 1. The minimum Gasteiger partial charge on any atom is -0.353 e. The van der Waals surface area contributed by atoms with Crippen molar-refractivity contribution in [2.24, 2.45) is 7.05 Å². The Labute approximate surface area is 151 Å². The van der Waals surface area contributed by atoms with Gasteiger partial charge in [0.05, 0.1) is 6.20 Å². The highest BCUT2D eigenvalue weighted by atomic mass is 35.5. The third kappa shape index (κ3) is 6.30. The molecule has 6 nitrogen and oxygen atoms in total. The summed E-state index contributed by atoms with van der Waals surface area (Å²) in [6.45, 7) is 5.04. The first-order chi connectivity index (χ1) is 10.1. The number of carbonyl (C=O) groups is 1. The standard InChI is InChI=1S/C15H27N5O.2ClH/c1-12-6-4-5-8-20(12)9-7-17-15(21)14(16-2)13-10-18-19(3)11-13;;/h10-12,14,16H,4-9H2,1-3H3,(H,17,21);2*1H. The van der Waals surface area contributed by atoms with E-state index in [0.29, 0.717) is 12.6 Å². The molecule has 1 amide bonds. The van der Waals surface area contributed by atoms with Gasteiger partial charge >= 0.3 is 0 Å². The Balaban J connectivity index is 0.00000242. The number of halogens is 2. The number of rotatable bonds is 6. The van der Waals surface area contributed by atoms with Crippen LogP contribution >= 0.6 is 24.8 Å². The molecule has 0 saturated carbocycles. The second kappa shape index (κ2) is 10.9. The molecule has 8 heteroatoms. The highest BCUT2D eigenvalue weighted by Crippen LogP contribution is 2.15. The van der Waals surface area contributed by atoms with Gasteiger partial charge in [0.2, 0.25) is 5.91 Å². The van der Waals surface area contributed by atoms with Gasteiger partial charge in [-0.05, 0) is 33.4 Å². The molecular formula is C15H29Cl2N5O. The smallest absolute Gasteiger partial charge is 0.241 e. The first-order valence-electron chi connectivity index (χ1n) is 7.79. The minimum absolute atomic E-state index is 0. The van der Waals surface area contributed by atoms with Crippen LogP contribution in [0.5, 0.6) is 0 Å². The number of aryl methyl sites for hydroxylation is 1. The molecule has 0 aliphatic carbocycles. The predicted octanol–water partition coefficient (Wildman–Crippen LogP) is 1.51. The van der Waals surface area contributed by atoms with Crippen molar-refractivity contribution in [1.82, 2.24) is 25.3 Å². The van der Waals surface area contributed by atoms with Crippen LogP contribution in [0.2, 0.25) is 0 Å². The quantitative estimate of drug-likeness (QED) is 0.801. The van der Waals surface area contributed by atoms with Crippen LogP contribution in [0.15, 0.2) is 12.4 Å². The van der Waals surface area contributed by atoms with Crippen LogP contribution in [-0.2, 0) is 11.8 Å². The van der Waals surface area contributed by atoms with Crippen LogP contribution in [-0.4, -0.2) is 53.3 Å². The van der Waals surface area contributed by atoms with E-state index in [4.69, 9.17) is 0 Å². The van der Waals surface area contributed by atoms with Crippen molar-refractivity contribution in [2.75, 3.05) is 26.7 Å². The van der Waals surface area contributed by atoms with Crippen molar-refractivity contribution < 1.29 is 4.79 Å². The summed E-state index contributed by atoms with van der Waals surface area (Å²) < 4.78 is 1.71. The lowest BCUT2D eigenvalue weighted by molar-refractivity contribution is -0.123. The molecule has 23 heavy (non-hydrogen) atoms. The van der Waals surface area contributed by atoms with E-state index in [9.17, 15) is 4.79 Å². The fourth-order valence-corrected chi connectivity index (χ4v) is 2.95. The van der Waals surface area contributed by atoms with Crippen LogP contribution in [0.4, 0.5) is 0 Å². The van der Waals surface area contributed by atoms with E-state index in [1.807, 2.05) is 13.2 Å². The number of likely N-dealkylation sites (tertiary alicyclic amines) is 1. The van der Waals surface area contributed by atoms with Gasteiger partial charge in [-0.3, -0.25) is 14.4 Å². The summed E-state index contributed by atoms with van der Waals surface area (Å²) in [5, 5.41) is 10.2. The van der Waals surface area contributed by atoms with Crippen LogP contribution in [0.25, 0.3) is 0 Å². The van der Waals surface area contributed by atoms with E-state index in [1.165, 1.54) is 19.3 Å². The predicted molar refractivity (Wildman–Crippen MR) is 97.4 cm³/mol. The van der Waals surface area contributed by atoms with Gasteiger partial charge < -0.3 is 10.6 Å². The average molecular weight is 366 g/mol. The van der Waals surface area contributed by atoms with Crippen molar-refractivity contribution in [2.45, 2.75) is 38.3 Å². The number of hydrogen-bond acceptors (Lipinski definition) is 4. The summed E-state index contributed by atoms with van der Waals surface area (Å²) in [5.41, 5.74) is 0.892. The van der Waals surface area contributed by atoms with E-state index < -0.39 is 0 Å². The molecule has 0 radical (unpaired) electrons. The van der Waals surface area contributed by atoms with Crippen LogP contribution in [0, 0.1) is 0 Å². The molecule has 1 aliphatic heterocycles. The monoisotopic (exact) mass is 365 g/mol. The van der Waals surface area contributed by atoms with Gasteiger partial charge in [-0.2, -0.15) is 5.10 Å². The fourth-order valence-electron chi connectivity index (χ4n) is 2.95. The van der Waals surface area contributed by atoms with Gasteiger partial charge in [-0.25, -0.2) is 0 Å². The number of amides is 1. The lowest BCUT2D eigenvalue weighted by atomic mass is 10.0. The second-order valence-corrected chi connectivity index (χ2v) is 5.84. The maximum Gasteiger partial charge on any atom is 0.241 e. The molecule has 2 atom stereocenters. The highest BCUT2D eigenvalue weighted by molar-refractivity contribution is 5.85. The molecule has 1 aromatic heterocycles. The third-order valence-corrected chi connectivity index (χ3v) is 4.25. The Morgan fingerprint density at radius 2 is 2.17 bits per heavy atom. The normalized spacial score (nSPS) is 19.3. The van der Waals surface area contributed by atoms with Gasteiger partial charge in [0.25, 0.3) is 0 Å². The second-order valence-electron chi connectivity index (χ2n) is 5.84. The minimum atomic E-state index is -0.336. The van der Waals surface area contributed by atoms with Gasteiger partial charge in [0, 0.05) is 37.9 Å². The fraction of sp³-hybridized carbons (Fsp3) is 0.733. The average Bonchev–Trinajstić information content (AvgIpc) is 2.88. The molecular weight excluding hydrogens is 337 g/mol. The summed E-state index contributed by atoms with van der Waals surface area (Å²) in [6.07, 6.45) is 7.46. The molecule has 2 N–H and O–H groups in total. The zero-order valence-corrected chi connectivity index (χ0v) is 15.8. The maximum absolute atomic E-state index is 12.3. The Kier molecular flexibility index (Phi) is 10.5. The molecule has 1 aromatic rings. The summed E-state index contributed by atoms with van der Waals surface area (Å²) in [4.78, 5) is 14.7. The van der Waals surface area contributed by atoms with E-state index >= 15 is 0 Å². The zero-order chi connectivity index (χ0) is 15.2. The Morgan fingerprint density at radius 1 is 1.43 bits per heavy atom. The summed E-state index contributed by atoms with van der Waals surface area (Å²) >= 11 is 0. The van der Waals surface area contributed by atoms with Gasteiger partial charge in [-0.15, -0.1) is 24.8 Å². The Morgan fingerprint density at radius 3 is 2.74 bits per heavy atom. The van der Waals surface area contributed by atoms with E-state index in [-0.39, 0.29) is 36.8 Å². The number of nitrogens with one attached hydrogen (secondary N) is 2. The Hall–Kier alpha value is -0.820. The lowest BCUT2D eigenvalue weighted by Crippen LogP contribution is -2.44. The van der Waals surface area contributed by atoms with E-state index in [1.54, 1.807) is 17.9 Å². The van der Waals surface area contributed by atoms with Gasteiger partial charge in [-0.1, -0.05) is 6.42 Å². The van der Waals surface area contributed by atoms with E-state index in [0.717, 1.165) is 18.7 Å². The number of aromatic nitrogens is 2. The molecule has 2 heterocycles. The molecule has 0 spiro atoms. The summed E-state index contributed by atoms with van der Waals surface area (Å²) in [6, 6.07) is 0.298. The van der Waals surface area contributed by atoms with Crippen molar-refractivity contribution in [3.63, 3.8) is 0 Å². The topological polar surface area (TPSA) is 62.2 Å². The van der Waals surface area contributed by atoms with Gasteiger partial charge in [0.15, 0.2) is 0 Å². The zero-order valence-electron chi connectivity index (χ0n) is 14.1. The van der Waals surface area contributed by atoms with Crippen molar-refractivity contribution in [1.29, 1.82) is 0 Å². The first-order valence-corrected chi connectivity index (χ1v) is 7.79. The van der Waals surface area contributed by atoms with Crippen LogP contribution in [0.3, 0.4) is 0 Å². The molecule has 0 bridgehead atoms. The van der Waals surface area contributed by atoms with Crippen molar-refractivity contribution in [3.8, 4) is 0 Å². The molecule has 1 aliphatic rings. The van der Waals surface area contributed by atoms with Crippen molar-refractivity contribution >= 4 is 30.7 Å². The molecule has 1 fully saturated rings. The van der Waals surface area contributed by atoms with Gasteiger partial charge in [0.1, 0.15) is 6.04 Å². The molecule has 134 valence electrons. The van der Waals surface area contributed by atoms with Crippen LogP contribution < -0.4 is 10.6 Å². The van der Waals surface area contributed by atoms with Crippen molar-refractivity contribution in [3.05, 3.63) is 18.0 Å². The summed E-state index contributed by atoms with van der Waals surface area (Å²) in [7, 11) is 3.65. The first kappa shape index (κ1) is 22.2. The molecule has 1 saturated heterocycles. The Bertz CT molecular complexity index is 468. The largest absolute Gasteiger partial charge is 0.353 e. The summed E-state index contributed by atoms with van der Waals surface area (Å²) in [5.74, 6) is 0.00941. The highest BCUT2D eigenvalue weighted by Gasteiger charge is 2.21. The molecule has 0 aromatic carbocycles. The number of carbonyl (C=O) groups excluding carboxylic acids is 1. The number of nitrogens with zero attached hydrogens (tertiary/aromatic N) is 3. The number of piperidine rings is 1. The number of hydrogen-bond donors (Lipinski definition) is 2. The van der Waals surface area contributed by atoms with E-state index in [2.05, 4.69) is 27.6 Å². The SMILES string of the molecule is CNC(C(=O)NCCN1CCCCC1C)c1cnn(C)c1.Cl.Cl. The third-order valence-electron chi connectivity index (χ3n) is 4.25.